The average Bonchev–Trinajstić information content (AvgIpc) is 2.82. The normalized spacial score (nSPS) is 15.2. The first-order valence-corrected chi connectivity index (χ1v) is 12.9. The second kappa shape index (κ2) is 23.5. The van der Waals surface area contributed by atoms with Gasteiger partial charge in [0.05, 0.1) is 18.8 Å². The minimum atomic E-state index is -1.11. The van der Waals surface area contributed by atoms with E-state index >= 15 is 0 Å². The highest BCUT2D eigenvalue weighted by atomic mass is 16.3. The third-order valence-corrected chi connectivity index (χ3v) is 5.46. The van der Waals surface area contributed by atoms with Crippen LogP contribution < -0.4 is 5.32 Å². The van der Waals surface area contributed by atoms with E-state index in [-0.39, 0.29) is 6.61 Å². The maximum absolute atomic E-state index is 12.2. The third-order valence-electron chi connectivity index (χ3n) is 5.46. The summed E-state index contributed by atoms with van der Waals surface area (Å²) in [5, 5.41) is 32.4. The zero-order valence-corrected chi connectivity index (χ0v) is 21.0. The predicted octanol–water partition coefficient (Wildman–Crippen LogP) is 5.52. The Hall–Kier alpha value is -1.69. The first-order valence-electron chi connectivity index (χ1n) is 12.9. The van der Waals surface area contributed by atoms with Crippen molar-refractivity contribution in [3.8, 4) is 0 Å². The molecule has 1 amide bonds. The second-order valence-electron chi connectivity index (χ2n) is 8.53. The van der Waals surface area contributed by atoms with E-state index in [1.807, 2.05) is 19.1 Å². The van der Waals surface area contributed by atoms with Crippen LogP contribution in [0.4, 0.5) is 0 Å². The van der Waals surface area contributed by atoms with Gasteiger partial charge in [-0.25, -0.2) is 0 Å². The molecule has 0 aromatic heterocycles. The lowest BCUT2D eigenvalue weighted by Crippen LogP contribution is -2.48. The zero-order valence-electron chi connectivity index (χ0n) is 21.0. The molecule has 0 saturated carbocycles. The van der Waals surface area contributed by atoms with E-state index in [1.165, 1.54) is 12.8 Å². The van der Waals surface area contributed by atoms with Gasteiger partial charge in [0.15, 0.2) is 0 Å². The molecule has 3 unspecified atom stereocenters. The SMILES string of the molecule is C/C=C/CC/C=C/CC/C=C/C(O)C(CO)NC(=O)C(O)CCCCCC/C=C\CCCC. The van der Waals surface area contributed by atoms with Gasteiger partial charge in [-0.2, -0.15) is 0 Å². The molecule has 0 heterocycles. The topological polar surface area (TPSA) is 89.8 Å². The number of aliphatic hydroxyl groups excluding tert-OH is 3. The second-order valence-corrected chi connectivity index (χ2v) is 8.53. The number of hydrogen-bond donors (Lipinski definition) is 4. The fourth-order valence-electron chi connectivity index (χ4n) is 3.32. The number of allylic oxidation sites excluding steroid dienone is 7. The van der Waals surface area contributed by atoms with Crippen molar-refractivity contribution in [3.63, 3.8) is 0 Å². The number of rotatable bonds is 21. The van der Waals surface area contributed by atoms with Gasteiger partial charge in [-0.1, -0.05) is 87.6 Å². The Morgan fingerprint density at radius 3 is 2.00 bits per heavy atom. The number of nitrogens with one attached hydrogen (secondary N) is 1. The van der Waals surface area contributed by atoms with Crippen LogP contribution in [0.5, 0.6) is 0 Å². The fourth-order valence-corrected chi connectivity index (χ4v) is 3.32. The van der Waals surface area contributed by atoms with Crippen LogP contribution in [0.3, 0.4) is 0 Å². The first kappa shape index (κ1) is 31.3. The number of aliphatic hydroxyl groups is 3. The van der Waals surface area contributed by atoms with Gasteiger partial charge in [-0.3, -0.25) is 4.79 Å². The van der Waals surface area contributed by atoms with Gasteiger partial charge in [0.25, 0.3) is 0 Å². The number of carbonyl (C=O) groups is 1. The van der Waals surface area contributed by atoms with E-state index in [4.69, 9.17) is 0 Å². The molecule has 190 valence electrons. The van der Waals surface area contributed by atoms with Crippen molar-refractivity contribution in [3.05, 3.63) is 48.6 Å². The molecule has 0 rings (SSSR count). The molecule has 4 N–H and O–H groups in total. The van der Waals surface area contributed by atoms with E-state index in [0.717, 1.165) is 64.2 Å². The fraction of sp³-hybridized carbons (Fsp3) is 0.679. The molecular formula is C28H49NO4. The van der Waals surface area contributed by atoms with Crippen molar-refractivity contribution in [2.45, 2.75) is 116 Å². The van der Waals surface area contributed by atoms with Crippen LogP contribution in [0.25, 0.3) is 0 Å². The lowest BCUT2D eigenvalue weighted by molar-refractivity contribution is -0.131. The average molecular weight is 464 g/mol. The van der Waals surface area contributed by atoms with E-state index < -0.39 is 24.2 Å². The monoisotopic (exact) mass is 463 g/mol. The Morgan fingerprint density at radius 2 is 1.36 bits per heavy atom. The molecule has 3 atom stereocenters. The summed E-state index contributed by atoms with van der Waals surface area (Å²) >= 11 is 0. The highest BCUT2D eigenvalue weighted by Gasteiger charge is 2.22. The van der Waals surface area contributed by atoms with Gasteiger partial charge in [0.2, 0.25) is 5.91 Å². The van der Waals surface area contributed by atoms with E-state index in [2.05, 4.69) is 42.6 Å². The van der Waals surface area contributed by atoms with Gasteiger partial charge >= 0.3 is 0 Å². The van der Waals surface area contributed by atoms with Crippen LogP contribution in [0.1, 0.15) is 97.3 Å². The number of hydrogen-bond acceptors (Lipinski definition) is 4. The third kappa shape index (κ3) is 19.5. The highest BCUT2D eigenvalue weighted by molar-refractivity contribution is 5.80. The Balaban J connectivity index is 4.01. The minimum Gasteiger partial charge on any atom is -0.394 e. The molecule has 5 nitrogen and oxygen atoms in total. The van der Waals surface area contributed by atoms with Crippen molar-refractivity contribution < 1.29 is 20.1 Å². The summed E-state index contributed by atoms with van der Waals surface area (Å²) in [6.07, 6.45) is 27.1. The van der Waals surface area contributed by atoms with Gasteiger partial charge in [-0.15, -0.1) is 0 Å². The van der Waals surface area contributed by atoms with Gasteiger partial charge in [-0.05, 0) is 58.3 Å². The lowest BCUT2D eigenvalue weighted by atomic mass is 10.1. The standard InChI is InChI=1S/C28H49NO4/c1-3-5-7-9-11-13-15-17-19-21-23-27(32)28(33)29-25(24-30)26(31)22-20-18-16-14-12-10-8-6-4-2/h4,6,9,11-12,14,20,22,25-27,30-32H,3,5,7-8,10,13,15-19,21,23-24H2,1-2H3,(H,29,33)/b6-4+,11-9-,14-12+,22-20+. The van der Waals surface area contributed by atoms with Crippen molar-refractivity contribution in [2.24, 2.45) is 0 Å². The smallest absolute Gasteiger partial charge is 0.249 e. The largest absolute Gasteiger partial charge is 0.394 e. The Morgan fingerprint density at radius 1 is 0.788 bits per heavy atom. The molecule has 0 saturated heterocycles. The molecule has 0 aliphatic carbocycles. The van der Waals surface area contributed by atoms with Crippen molar-refractivity contribution in [1.29, 1.82) is 0 Å². The minimum absolute atomic E-state index is 0.388. The van der Waals surface area contributed by atoms with Crippen molar-refractivity contribution in [1.82, 2.24) is 5.32 Å². The summed E-state index contributed by atoms with van der Waals surface area (Å²) in [4.78, 5) is 12.2. The van der Waals surface area contributed by atoms with Crippen LogP contribution in [0.15, 0.2) is 48.6 Å². The number of carbonyl (C=O) groups excluding carboxylic acids is 1. The zero-order chi connectivity index (χ0) is 24.6. The number of amides is 1. The maximum atomic E-state index is 12.2. The number of unbranched alkanes of at least 4 members (excludes halogenated alkanes) is 8. The molecule has 0 aromatic carbocycles. The van der Waals surface area contributed by atoms with Gasteiger partial charge < -0.3 is 20.6 Å². The quantitative estimate of drug-likeness (QED) is 0.133. The highest BCUT2D eigenvalue weighted by Crippen LogP contribution is 2.09. The van der Waals surface area contributed by atoms with Crippen LogP contribution >= 0.6 is 0 Å². The molecule has 0 aliphatic rings. The molecule has 0 radical (unpaired) electrons. The molecule has 33 heavy (non-hydrogen) atoms. The Kier molecular flexibility index (Phi) is 22.3. The lowest BCUT2D eigenvalue weighted by Gasteiger charge is -2.21. The van der Waals surface area contributed by atoms with Gasteiger partial charge in [0.1, 0.15) is 6.10 Å². The van der Waals surface area contributed by atoms with Crippen LogP contribution in [0.2, 0.25) is 0 Å². The van der Waals surface area contributed by atoms with E-state index in [1.54, 1.807) is 6.08 Å². The Bertz CT molecular complexity index is 568. The van der Waals surface area contributed by atoms with Crippen molar-refractivity contribution >= 4 is 5.91 Å². The van der Waals surface area contributed by atoms with Gasteiger partial charge in [0, 0.05) is 0 Å². The van der Waals surface area contributed by atoms with Crippen LogP contribution in [-0.4, -0.2) is 46.1 Å². The summed E-state index contributed by atoms with van der Waals surface area (Å²) in [5.41, 5.74) is 0. The first-order chi connectivity index (χ1) is 16.1. The Labute approximate surface area is 202 Å². The molecule has 0 fully saturated rings. The summed E-state index contributed by atoms with van der Waals surface area (Å²) in [7, 11) is 0. The van der Waals surface area contributed by atoms with E-state index in [9.17, 15) is 20.1 Å². The summed E-state index contributed by atoms with van der Waals surface area (Å²) in [6, 6.07) is -0.820. The molecule has 0 bridgehead atoms. The van der Waals surface area contributed by atoms with E-state index in [0.29, 0.717) is 6.42 Å². The van der Waals surface area contributed by atoms with Crippen LogP contribution in [-0.2, 0) is 4.79 Å². The summed E-state index contributed by atoms with van der Waals surface area (Å²) < 4.78 is 0. The molecular weight excluding hydrogens is 414 g/mol. The molecule has 0 spiro atoms. The summed E-state index contributed by atoms with van der Waals surface area (Å²) in [6.45, 7) is 3.82. The molecule has 0 aromatic rings. The molecule has 5 heteroatoms. The van der Waals surface area contributed by atoms with Crippen molar-refractivity contribution in [2.75, 3.05) is 6.61 Å². The predicted molar refractivity (Wildman–Crippen MR) is 139 cm³/mol. The maximum Gasteiger partial charge on any atom is 0.249 e. The summed E-state index contributed by atoms with van der Waals surface area (Å²) in [5.74, 6) is -0.538. The van der Waals surface area contributed by atoms with Crippen LogP contribution in [0, 0.1) is 0 Å². The molecule has 0 aliphatic heterocycles.